The van der Waals surface area contributed by atoms with Crippen LogP contribution >= 0.6 is 11.8 Å². The van der Waals surface area contributed by atoms with Crippen molar-refractivity contribution in [2.24, 2.45) is 0 Å². The van der Waals surface area contributed by atoms with Gasteiger partial charge in [0.1, 0.15) is 0 Å². The Labute approximate surface area is 122 Å². The highest BCUT2D eigenvalue weighted by atomic mass is 32.2. The lowest BCUT2D eigenvalue weighted by Crippen LogP contribution is -2.07. The Bertz CT molecular complexity index is 606. The maximum Gasteiger partial charge on any atom is 0.248 e. The fourth-order valence-corrected chi connectivity index (χ4v) is 2.32. The molecule has 1 aromatic heterocycles. The van der Waals surface area contributed by atoms with E-state index in [0.29, 0.717) is 5.16 Å². The number of nitrogens with zero attached hydrogens (tertiary/aromatic N) is 2. The van der Waals surface area contributed by atoms with Crippen molar-refractivity contribution in [1.82, 2.24) is 9.97 Å². The first kappa shape index (κ1) is 14.3. The van der Waals surface area contributed by atoms with Crippen LogP contribution in [0.3, 0.4) is 0 Å². The largest absolute Gasteiger partial charge is 0.322 e. The van der Waals surface area contributed by atoms with Crippen molar-refractivity contribution in [2.75, 3.05) is 5.32 Å². The summed E-state index contributed by atoms with van der Waals surface area (Å²) in [5.74, 6) is -0.173. The molecule has 2 rings (SSSR count). The van der Waals surface area contributed by atoms with E-state index in [9.17, 15) is 4.79 Å². The molecular formula is C15H15N3OS. The average Bonchev–Trinajstić information content (AvgIpc) is 2.38. The number of hydrogen-bond acceptors (Lipinski definition) is 4. The summed E-state index contributed by atoms with van der Waals surface area (Å²) < 4.78 is 0. The fourth-order valence-electron chi connectivity index (χ4n) is 1.61. The molecule has 0 bridgehead atoms. The molecule has 1 aromatic carbocycles. The molecule has 1 heterocycles. The minimum Gasteiger partial charge on any atom is -0.322 e. The van der Waals surface area contributed by atoms with Gasteiger partial charge in [0.05, 0.1) is 0 Å². The monoisotopic (exact) mass is 285 g/mol. The van der Waals surface area contributed by atoms with Crippen LogP contribution in [0, 0.1) is 13.8 Å². The van der Waals surface area contributed by atoms with E-state index in [2.05, 4.69) is 15.3 Å². The number of benzene rings is 1. The summed E-state index contributed by atoms with van der Waals surface area (Å²) >= 11 is 1.32. The van der Waals surface area contributed by atoms with Crippen molar-refractivity contribution in [1.29, 1.82) is 0 Å². The highest BCUT2D eigenvalue weighted by Gasteiger charge is 1.99. The zero-order chi connectivity index (χ0) is 14.4. The number of para-hydroxylation sites is 1. The van der Waals surface area contributed by atoms with Crippen molar-refractivity contribution in [3.05, 3.63) is 59.3 Å². The summed E-state index contributed by atoms with van der Waals surface area (Å²) in [5, 5.41) is 5.10. The number of hydrogen-bond donors (Lipinski definition) is 1. The highest BCUT2D eigenvalue weighted by Crippen LogP contribution is 2.15. The van der Waals surface area contributed by atoms with E-state index < -0.39 is 0 Å². The number of rotatable bonds is 4. The molecule has 1 amide bonds. The molecule has 0 fully saturated rings. The number of thioether (sulfide) groups is 1. The Balaban J connectivity index is 1.91. The third-order valence-electron chi connectivity index (χ3n) is 2.40. The van der Waals surface area contributed by atoms with E-state index in [0.717, 1.165) is 17.1 Å². The van der Waals surface area contributed by atoms with Crippen molar-refractivity contribution in [3.63, 3.8) is 0 Å². The maximum atomic E-state index is 11.7. The van der Waals surface area contributed by atoms with Crippen molar-refractivity contribution >= 4 is 23.4 Å². The molecule has 0 saturated carbocycles. The van der Waals surface area contributed by atoms with Gasteiger partial charge in [0.25, 0.3) is 0 Å². The highest BCUT2D eigenvalue weighted by molar-refractivity contribution is 8.02. The van der Waals surface area contributed by atoms with Crippen LogP contribution in [0.4, 0.5) is 5.69 Å². The Kier molecular flexibility index (Phi) is 4.90. The summed E-state index contributed by atoms with van der Waals surface area (Å²) in [6.45, 7) is 3.84. The fraction of sp³-hybridized carbons (Fsp3) is 0.133. The summed E-state index contributed by atoms with van der Waals surface area (Å²) in [6.07, 6.45) is 1.47. The number of anilines is 1. The van der Waals surface area contributed by atoms with Crippen LogP contribution in [0.1, 0.15) is 11.4 Å². The Hall–Kier alpha value is -2.14. The summed E-state index contributed by atoms with van der Waals surface area (Å²) in [5.41, 5.74) is 2.61. The minimum atomic E-state index is -0.173. The zero-order valence-corrected chi connectivity index (χ0v) is 12.1. The lowest BCUT2D eigenvalue weighted by Gasteiger charge is -2.01. The number of aromatic nitrogens is 2. The number of carbonyl (C=O) groups is 1. The van der Waals surface area contributed by atoms with Gasteiger partial charge in [-0.2, -0.15) is 0 Å². The number of amides is 1. The third-order valence-corrected chi connectivity index (χ3v) is 3.06. The first-order valence-corrected chi connectivity index (χ1v) is 7.03. The molecule has 0 unspecified atom stereocenters. The van der Waals surface area contributed by atoms with Gasteiger partial charge in [-0.05, 0) is 37.5 Å². The van der Waals surface area contributed by atoms with Crippen LogP contribution in [0.25, 0.3) is 0 Å². The normalized spacial score (nSPS) is 10.7. The van der Waals surface area contributed by atoms with E-state index in [-0.39, 0.29) is 5.91 Å². The van der Waals surface area contributed by atoms with Gasteiger partial charge in [0, 0.05) is 23.2 Å². The second kappa shape index (κ2) is 6.86. The topological polar surface area (TPSA) is 54.9 Å². The van der Waals surface area contributed by atoms with Gasteiger partial charge in [0.2, 0.25) is 5.91 Å². The SMILES string of the molecule is Cc1cc(C)nc(SC=CC(=O)Nc2ccccc2)n1. The Morgan fingerprint density at radius 1 is 1.15 bits per heavy atom. The van der Waals surface area contributed by atoms with E-state index in [1.54, 1.807) is 5.41 Å². The Morgan fingerprint density at radius 3 is 2.45 bits per heavy atom. The molecule has 0 aliphatic rings. The molecule has 5 heteroatoms. The molecule has 0 radical (unpaired) electrons. The molecule has 1 N–H and O–H groups in total. The predicted molar refractivity (Wildman–Crippen MR) is 81.6 cm³/mol. The van der Waals surface area contributed by atoms with E-state index in [1.807, 2.05) is 50.2 Å². The summed E-state index contributed by atoms with van der Waals surface area (Å²) in [6, 6.07) is 11.2. The van der Waals surface area contributed by atoms with E-state index in [1.165, 1.54) is 17.8 Å². The Morgan fingerprint density at radius 2 is 1.80 bits per heavy atom. The quantitative estimate of drug-likeness (QED) is 0.532. The second-order valence-electron chi connectivity index (χ2n) is 4.21. The van der Waals surface area contributed by atoms with Crippen molar-refractivity contribution in [2.45, 2.75) is 19.0 Å². The summed E-state index contributed by atoms with van der Waals surface area (Å²) in [7, 11) is 0. The van der Waals surface area contributed by atoms with Crippen LogP contribution in [-0.2, 0) is 4.79 Å². The van der Waals surface area contributed by atoms with Crippen LogP contribution in [0.5, 0.6) is 0 Å². The predicted octanol–water partition coefficient (Wildman–Crippen LogP) is 3.34. The van der Waals surface area contributed by atoms with Gasteiger partial charge in [-0.3, -0.25) is 4.79 Å². The lowest BCUT2D eigenvalue weighted by atomic mass is 10.3. The van der Waals surface area contributed by atoms with Crippen molar-refractivity contribution < 1.29 is 4.79 Å². The van der Waals surface area contributed by atoms with Crippen LogP contribution in [-0.4, -0.2) is 15.9 Å². The van der Waals surface area contributed by atoms with Gasteiger partial charge < -0.3 is 5.32 Å². The second-order valence-corrected chi connectivity index (χ2v) is 5.08. The lowest BCUT2D eigenvalue weighted by molar-refractivity contribution is -0.111. The molecule has 20 heavy (non-hydrogen) atoms. The molecule has 102 valence electrons. The van der Waals surface area contributed by atoms with Gasteiger partial charge in [-0.15, -0.1) is 0 Å². The number of carbonyl (C=O) groups excluding carboxylic acids is 1. The number of nitrogens with one attached hydrogen (secondary N) is 1. The van der Waals surface area contributed by atoms with E-state index >= 15 is 0 Å². The molecule has 0 saturated heterocycles. The van der Waals surface area contributed by atoms with Crippen LogP contribution in [0.2, 0.25) is 0 Å². The molecule has 0 spiro atoms. The minimum absolute atomic E-state index is 0.173. The van der Waals surface area contributed by atoms with Crippen molar-refractivity contribution in [3.8, 4) is 0 Å². The van der Waals surface area contributed by atoms with Gasteiger partial charge in [-0.1, -0.05) is 30.0 Å². The molecule has 0 aliphatic carbocycles. The summed E-state index contributed by atoms with van der Waals surface area (Å²) in [4.78, 5) is 20.3. The molecule has 0 atom stereocenters. The first-order valence-electron chi connectivity index (χ1n) is 6.15. The molecule has 4 nitrogen and oxygen atoms in total. The van der Waals surface area contributed by atoms with Crippen LogP contribution < -0.4 is 5.32 Å². The molecular weight excluding hydrogens is 270 g/mol. The van der Waals surface area contributed by atoms with Gasteiger partial charge in [-0.25, -0.2) is 9.97 Å². The van der Waals surface area contributed by atoms with Crippen LogP contribution in [0.15, 0.2) is 53.0 Å². The molecule has 0 aliphatic heterocycles. The third kappa shape index (κ3) is 4.51. The smallest absolute Gasteiger partial charge is 0.248 e. The zero-order valence-electron chi connectivity index (χ0n) is 11.3. The van der Waals surface area contributed by atoms with E-state index in [4.69, 9.17) is 0 Å². The standard InChI is InChI=1S/C15H15N3OS/c1-11-10-12(2)17-15(16-11)20-9-8-14(19)18-13-6-4-3-5-7-13/h3-10H,1-2H3,(H,18,19). The average molecular weight is 285 g/mol. The first-order chi connectivity index (χ1) is 9.63. The molecule has 2 aromatic rings. The van der Waals surface area contributed by atoms with Gasteiger partial charge in [0.15, 0.2) is 5.16 Å². The maximum absolute atomic E-state index is 11.7. The van der Waals surface area contributed by atoms with Gasteiger partial charge >= 0.3 is 0 Å². The number of aryl methyl sites for hydroxylation is 2.